The molecule has 0 spiro atoms. The number of thioether (sulfide) groups is 1. The third-order valence-corrected chi connectivity index (χ3v) is 5.31. The summed E-state index contributed by atoms with van der Waals surface area (Å²) in [5, 5.41) is 10.2. The summed E-state index contributed by atoms with van der Waals surface area (Å²) in [6, 6.07) is 8.23. The van der Waals surface area contributed by atoms with Crippen molar-refractivity contribution in [1.29, 1.82) is 0 Å². The zero-order valence-corrected chi connectivity index (χ0v) is 15.7. The highest BCUT2D eigenvalue weighted by Gasteiger charge is 2.16. The van der Waals surface area contributed by atoms with Crippen molar-refractivity contribution in [2.75, 3.05) is 30.2 Å². The monoisotopic (exact) mass is 376 g/mol. The largest absolute Gasteiger partial charge is 0.305 e. The van der Waals surface area contributed by atoms with Gasteiger partial charge in [-0.15, -0.1) is 11.3 Å². The minimum absolute atomic E-state index is 0.167. The number of anilines is 1. The van der Waals surface area contributed by atoms with Gasteiger partial charge in [0.05, 0.1) is 30.3 Å². The van der Waals surface area contributed by atoms with Crippen LogP contribution in [0.4, 0.5) is 5.88 Å². The standard InChI is InChI=1S/C16H17N5O2S2/c1-11-4-6-12(7-5-11)13-9-24-16(17-13)25-10-14(22)18-15-8-21(19-23-15)20(2)3/h4-9H,10H2,1-3H3/p+1. The van der Waals surface area contributed by atoms with Crippen molar-refractivity contribution in [2.45, 2.75) is 11.3 Å². The number of nitrogens with zero attached hydrogens (tertiary/aromatic N) is 4. The molecule has 25 heavy (non-hydrogen) atoms. The predicted octanol–water partition coefficient (Wildman–Crippen LogP) is 2.32. The maximum atomic E-state index is 12.0. The first-order valence-corrected chi connectivity index (χ1v) is 9.39. The zero-order chi connectivity index (χ0) is 17.8. The Morgan fingerprint density at radius 2 is 2.12 bits per heavy atom. The van der Waals surface area contributed by atoms with Crippen molar-refractivity contribution in [2.24, 2.45) is 0 Å². The molecule has 0 aliphatic carbocycles. The molecular weight excluding hydrogens is 358 g/mol. The van der Waals surface area contributed by atoms with Crippen molar-refractivity contribution in [3.05, 3.63) is 41.4 Å². The lowest BCUT2D eigenvalue weighted by atomic mass is 10.1. The number of thiazole rings is 1. The van der Waals surface area contributed by atoms with Crippen LogP contribution in [0.25, 0.3) is 11.3 Å². The minimum Gasteiger partial charge on any atom is -0.288 e. The Kier molecular flexibility index (Phi) is 5.34. The summed E-state index contributed by atoms with van der Waals surface area (Å²) in [6.45, 7) is 2.05. The molecule has 2 aromatic heterocycles. The molecule has 1 amide bonds. The fourth-order valence-corrected chi connectivity index (χ4v) is 3.60. The summed E-state index contributed by atoms with van der Waals surface area (Å²) in [7, 11) is 3.64. The summed E-state index contributed by atoms with van der Waals surface area (Å²) in [4.78, 5) is 18.1. The van der Waals surface area contributed by atoms with Crippen molar-refractivity contribution in [1.82, 2.24) is 10.3 Å². The van der Waals surface area contributed by atoms with Crippen molar-refractivity contribution >= 4 is 34.9 Å². The molecule has 1 N–H and O–H groups in total. The molecule has 0 atom stereocenters. The second kappa shape index (κ2) is 7.66. The number of nitrogens with one attached hydrogen (secondary N) is 1. The van der Waals surface area contributed by atoms with E-state index in [-0.39, 0.29) is 11.7 Å². The molecule has 130 valence electrons. The number of aryl methyl sites for hydroxylation is 1. The lowest BCUT2D eigenvalue weighted by Crippen LogP contribution is -2.53. The van der Waals surface area contributed by atoms with E-state index in [1.807, 2.05) is 19.5 Å². The fourth-order valence-electron chi connectivity index (χ4n) is 1.96. The lowest BCUT2D eigenvalue weighted by Gasteiger charge is -1.98. The smallest absolute Gasteiger partial charge is 0.288 e. The zero-order valence-electron chi connectivity index (χ0n) is 14.1. The molecule has 0 aliphatic rings. The van der Waals surface area contributed by atoms with Crippen LogP contribution in [0.2, 0.25) is 0 Å². The van der Waals surface area contributed by atoms with Crippen LogP contribution in [-0.4, -0.2) is 36.0 Å². The number of hydrogen-bond donors (Lipinski definition) is 1. The molecule has 0 fully saturated rings. The van der Waals surface area contributed by atoms with E-state index in [0.29, 0.717) is 5.88 Å². The van der Waals surface area contributed by atoms with Crippen LogP contribution in [0.1, 0.15) is 5.56 Å². The molecule has 0 unspecified atom stereocenters. The van der Waals surface area contributed by atoms with Crippen molar-refractivity contribution < 1.29 is 14.1 Å². The van der Waals surface area contributed by atoms with Crippen LogP contribution >= 0.6 is 23.1 Å². The Morgan fingerprint density at radius 1 is 1.36 bits per heavy atom. The molecule has 0 radical (unpaired) electrons. The molecule has 7 nitrogen and oxygen atoms in total. The maximum Gasteiger partial charge on any atom is 0.305 e. The van der Waals surface area contributed by atoms with Gasteiger partial charge in [0.1, 0.15) is 0 Å². The topological polar surface area (TPSA) is 75.1 Å². The Labute approximate surface area is 153 Å². The van der Waals surface area contributed by atoms with E-state index < -0.39 is 0 Å². The van der Waals surface area contributed by atoms with Gasteiger partial charge in [0, 0.05) is 10.9 Å². The fraction of sp³-hybridized carbons (Fsp3) is 0.250. The van der Waals surface area contributed by atoms with Crippen LogP contribution in [-0.2, 0) is 4.79 Å². The lowest BCUT2D eigenvalue weighted by molar-refractivity contribution is -0.753. The summed E-state index contributed by atoms with van der Waals surface area (Å²) >= 11 is 2.93. The molecule has 2 heterocycles. The number of carbonyl (C=O) groups excluding carboxylic acids is 1. The molecule has 9 heteroatoms. The Hall–Kier alpha value is -2.39. The first-order valence-electron chi connectivity index (χ1n) is 7.53. The minimum atomic E-state index is -0.167. The van der Waals surface area contributed by atoms with Crippen LogP contribution in [0.15, 0.2) is 44.7 Å². The molecule has 0 bridgehead atoms. The van der Waals surface area contributed by atoms with Gasteiger partial charge in [0.25, 0.3) is 6.20 Å². The average Bonchev–Trinajstić information content (AvgIpc) is 3.23. The Morgan fingerprint density at radius 3 is 2.80 bits per heavy atom. The van der Waals surface area contributed by atoms with Crippen LogP contribution in [0.3, 0.4) is 0 Å². The van der Waals surface area contributed by atoms with Gasteiger partial charge in [-0.2, -0.15) is 5.01 Å². The van der Waals surface area contributed by atoms with E-state index in [1.165, 1.54) is 33.5 Å². The van der Waals surface area contributed by atoms with Crippen LogP contribution in [0.5, 0.6) is 0 Å². The van der Waals surface area contributed by atoms with Crippen molar-refractivity contribution in [3.8, 4) is 11.3 Å². The van der Waals surface area contributed by atoms with Gasteiger partial charge in [0.2, 0.25) is 11.2 Å². The van der Waals surface area contributed by atoms with E-state index in [4.69, 9.17) is 4.52 Å². The third kappa shape index (κ3) is 4.58. The summed E-state index contributed by atoms with van der Waals surface area (Å²) in [6.07, 6.45) is 1.60. The van der Waals surface area contributed by atoms with Gasteiger partial charge in [-0.1, -0.05) is 41.6 Å². The SMILES string of the molecule is Cc1ccc(-c2csc(SCC(=O)Nc3c[n+](N(C)C)no3)n2)cc1. The molecular formula is C16H18N5O2S2+. The van der Waals surface area contributed by atoms with Gasteiger partial charge >= 0.3 is 5.88 Å². The molecule has 0 saturated carbocycles. The van der Waals surface area contributed by atoms with Crippen LogP contribution in [0, 0.1) is 6.92 Å². The number of benzene rings is 1. The first kappa shape index (κ1) is 17.4. The summed E-state index contributed by atoms with van der Waals surface area (Å²) in [5.74, 6) is 0.390. The van der Waals surface area contributed by atoms with E-state index in [0.717, 1.165) is 15.6 Å². The maximum absolute atomic E-state index is 12.0. The molecule has 3 rings (SSSR count). The van der Waals surface area contributed by atoms with Gasteiger partial charge in [-0.3, -0.25) is 14.6 Å². The van der Waals surface area contributed by atoms with Crippen LogP contribution < -0.4 is 15.1 Å². The second-order valence-electron chi connectivity index (χ2n) is 5.54. The molecule has 3 aromatic rings. The van der Waals surface area contributed by atoms with Crippen molar-refractivity contribution in [3.63, 3.8) is 0 Å². The average molecular weight is 376 g/mol. The quantitative estimate of drug-likeness (QED) is 0.526. The van der Waals surface area contributed by atoms with E-state index in [1.54, 1.807) is 11.2 Å². The van der Waals surface area contributed by atoms with E-state index in [2.05, 4.69) is 46.8 Å². The summed E-state index contributed by atoms with van der Waals surface area (Å²) in [5.41, 5.74) is 3.22. The molecule has 0 aliphatic heterocycles. The van der Waals surface area contributed by atoms with E-state index in [9.17, 15) is 4.79 Å². The Bertz CT molecular complexity index is 858. The highest BCUT2D eigenvalue weighted by Crippen LogP contribution is 2.28. The highest BCUT2D eigenvalue weighted by atomic mass is 32.2. The predicted molar refractivity (Wildman–Crippen MR) is 98.4 cm³/mol. The van der Waals surface area contributed by atoms with Gasteiger partial charge in [-0.25, -0.2) is 4.98 Å². The third-order valence-electron chi connectivity index (χ3n) is 3.29. The number of rotatable bonds is 6. The second-order valence-corrected chi connectivity index (χ2v) is 7.62. The molecule has 1 aromatic carbocycles. The first-order chi connectivity index (χ1) is 12.0. The number of hydrogen-bond acceptors (Lipinski definition) is 7. The Balaban J connectivity index is 1.54. The normalized spacial score (nSPS) is 10.7. The van der Waals surface area contributed by atoms with Gasteiger partial charge < -0.3 is 0 Å². The number of carbonyl (C=O) groups is 1. The number of aromatic nitrogens is 3. The van der Waals surface area contributed by atoms with E-state index >= 15 is 0 Å². The summed E-state index contributed by atoms with van der Waals surface area (Å²) < 4.78 is 5.89. The van der Waals surface area contributed by atoms with Gasteiger partial charge in [0.15, 0.2) is 4.34 Å². The highest BCUT2D eigenvalue weighted by molar-refractivity contribution is 8.01. The van der Waals surface area contributed by atoms with Gasteiger partial charge in [-0.05, 0) is 6.92 Å². The number of amides is 1. The molecule has 0 saturated heterocycles.